The molecule has 0 aromatic carbocycles. The molecule has 0 amide bonds. The second-order valence-corrected chi connectivity index (χ2v) is 6.65. The third kappa shape index (κ3) is 2.00. The van der Waals surface area contributed by atoms with Gasteiger partial charge in [-0.2, -0.15) is 0 Å². The fourth-order valence-electron chi connectivity index (χ4n) is 3.61. The highest BCUT2D eigenvalue weighted by atomic mass is 35.5. The summed E-state index contributed by atoms with van der Waals surface area (Å²) in [5, 5.41) is 0.541. The first-order valence-corrected chi connectivity index (χ1v) is 7.84. The van der Waals surface area contributed by atoms with Crippen molar-refractivity contribution in [1.82, 2.24) is 9.97 Å². The molecule has 2 aliphatic heterocycles. The van der Waals surface area contributed by atoms with E-state index in [0.29, 0.717) is 5.15 Å². The highest BCUT2D eigenvalue weighted by Crippen LogP contribution is 2.43. The van der Waals surface area contributed by atoms with Crippen molar-refractivity contribution in [3.8, 4) is 0 Å². The van der Waals surface area contributed by atoms with Gasteiger partial charge < -0.3 is 14.4 Å². The van der Waals surface area contributed by atoms with Gasteiger partial charge in [-0.1, -0.05) is 30.3 Å². The van der Waals surface area contributed by atoms with Crippen LogP contribution in [0.1, 0.15) is 19.4 Å². The van der Waals surface area contributed by atoms with E-state index in [4.69, 9.17) is 21.1 Å². The van der Waals surface area contributed by atoms with Gasteiger partial charge in [0, 0.05) is 12.1 Å². The third-order valence-electron chi connectivity index (χ3n) is 4.50. The van der Waals surface area contributed by atoms with E-state index in [1.54, 1.807) is 0 Å². The number of aromatic nitrogens is 2. The van der Waals surface area contributed by atoms with Gasteiger partial charge in [-0.15, -0.1) is 0 Å². The summed E-state index contributed by atoms with van der Waals surface area (Å²) >= 11 is 6.19. The van der Waals surface area contributed by atoms with Gasteiger partial charge >= 0.3 is 0 Å². The SMILES string of the molecule is C=CC1=C[C@@H](N2CCc3c(Cl)ncnc32)[C@@H]2OC(C)(C)O[C@H]12. The summed E-state index contributed by atoms with van der Waals surface area (Å²) in [7, 11) is 0. The van der Waals surface area contributed by atoms with Gasteiger partial charge in [-0.25, -0.2) is 9.97 Å². The Morgan fingerprint density at radius 3 is 3.00 bits per heavy atom. The van der Waals surface area contributed by atoms with Crippen LogP contribution in [0.2, 0.25) is 5.15 Å². The van der Waals surface area contributed by atoms with Gasteiger partial charge in [0.05, 0.1) is 6.04 Å². The molecule has 0 N–H and O–H groups in total. The van der Waals surface area contributed by atoms with Gasteiger partial charge in [0.25, 0.3) is 0 Å². The van der Waals surface area contributed by atoms with Gasteiger partial charge in [0.1, 0.15) is 29.5 Å². The van der Waals surface area contributed by atoms with Crippen LogP contribution in [0.4, 0.5) is 5.82 Å². The average Bonchev–Trinajstić information content (AvgIpc) is 3.10. The number of ether oxygens (including phenoxy) is 2. The van der Waals surface area contributed by atoms with Crippen molar-refractivity contribution in [2.45, 2.75) is 44.3 Å². The smallest absolute Gasteiger partial charge is 0.164 e. The zero-order valence-corrected chi connectivity index (χ0v) is 13.4. The number of anilines is 1. The van der Waals surface area contributed by atoms with E-state index in [0.717, 1.165) is 29.9 Å². The molecule has 5 nitrogen and oxygen atoms in total. The summed E-state index contributed by atoms with van der Waals surface area (Å²) in [5.41, 5.74) is 2.09. The first-order valence-electron chi connectivity index (χ1n) is 7.46. The molecule has 0 radical (unpaired) electrons. The second-order valence-electron chi connectivity index (χ2n) is 6.29. The molecule has 1 saturated heterocycles. The largest absolute Gasteiger partial charge is 0.347 e. The maximum atomic E-state index is 6.19. The molecule has 116 valence electrons. The molecule has 6 heteroatoms. The minimum absolute atomic E-state index is 0.0531. The van der Waals surface area contributed by atoms with Crippen LogP contribution in [-0.4, -0.2) is 40.5 Å². The highest BCUT2D eigenvalue weighted by molar-refractivity contribution is 6.30. The second kappa shape index (κ2) is 4.78. The molecular weight excluding hydrogens is 302 g/mol. The van der Waals surface area contributed by atoms with Crippen LogP contribution in [0.5, 0.6) is 0 Å². The molecule has 4 rings (SSSR count). The Hall–Kier alpha value is -1.43. The molecule has 3 aliphatic rings. The lowest BCUT2D eigenvalue weighted by Crippen LogP contribution is -2.43. The van der Waals surface area contributed by atoms with E-state index in [2.05, 4.69) is 27.5 Å². The molecule has 0 saturated carbocycles. The molecule has 1 aromatic rings. The molecule has 0 unspecified atom stereocenters. The maximum Gasteiger partial charge on any atom is 0.164 e. The number of hydrogen-bond donors (Lipinski definition) is 0. The molecule has 1 aromatic heterocycles. The summed E-state index contributed by atoms with van der Waals surface area (Å²) in [4.78, 5) is 10.7. The van der Waals surface area contributed by atoms with Crippen LogP contribution in [0.3, 0.4) is 0 Å². The van der Waals surface area contributed by atoms with E-state index < -0.39 is 5.79 Å². The number of fused-ring (bicyclic) bond motifs is 2. The van der Waals surface area contributed by atoms with Gasteiger partial charge in [0.2, 0.25) is 0 Å². The van der Waals surface area contributed by atoms with Crippen molar-refractivity contribution in [2.75, 3.05) is 11.4 Å². The minimum atomic E-state index is -0.581. The van der Waals surface area contributed by atoms with E-state index >= 15 is 0 Å². The van der Waals surface area contributed by atoms with Crippen LogP contribution in [0, 0.1) is 0 Å². The molecule has 1 aliphatic carbocycles. The molecule has 0 spiro atoms. The monoisotopic (exact) mass is 319 g/mol. The molecular formula is C16H18ClN3O2. The Labute approximate surface area is 134 Å². The fourth-order valence-corrected chi connectivity index (χ4v) is 3.83. The zero-order chi connectivity index (χ0) is 15.5. The van der Waals surface area contributed by atoms with Crippen molar-refractivity contribution >= 4 is 17.4 Å². The number of hydrogen-bond acceptors (Lipinski definition) is 5. The van der Waals surface area contributed by atoms with Crippen molar-refractivity contribution in [3.63, 3.8) is 0 Å². The molecule has 1 fully saturated rings. The molecule has 3 heterocycles. The Morgan fingerprint density at radius 1 is 1.41 bits per heavy atom. The number of nitrogens with zero attached hydrogens (tertiary/aromatic N) is 3. The Bertz CT molecular complexity index is 673. The third-order valence-corrected chi connectivity index (χ3v) is 4.82. The van der Waals surface area contributed by atoms with Crippen LogP contribution in [-0.2, 0) is 15.9 Å². The standard InChI is InChI=1S/C16H18ClN3O2/c1-4-9-7-11(13-12(9)21-16(2,3)22-13)20-6-5-10-14(17)18-8-19-15(10)20/h4,7-8,11-13H,1,5-6H2,2-3H3/t11-,12-,13+/m1/s1. The predicted octanol–water partition coefficient (Wildman–Crippen LogP) is 2.51. The average molecular weight is 320 g/mol. The van der Waals surface area contributed by atoms with Crippen LogP contribution >= 0.6 is 11.6 Å². The van der Waals surface area contributed by atoms with E-state index in [-0.39, 0.29) is 18.2 Å². The van der Waals surface area contributed by atoms with E-state index in [9.17, 15) is 0 Å². The summed E-state index contributed by atoms with van der Waals surface area (Å²) in [6.07, 6.45) is 6.26. The molecule has 0 bridgehead atoms. The summed E-state index contributed by atoms with van der Waals surface area (Å²) in [5.74, 6) is 0.320. The van der Waals surface area contributed by atoms with Crippen molar-refractivity contribution in [1.29, 1.82) is 0 Å². The van der Waals surface area contributed by atoms with E-state index in [1.807, 2.05) is 19.9 Å². The van der Waals surface area contributed by atoms with Gasteiger partial charge in [-0.05, 0) is 25.8 Å². The topological polar surface area (TPSA) is 47.5 Å². The first-order chi connectivity index (χ1) is 10.5. The zero-order valence-electron chi connectivity index (χ0n) is 12.6. The molecule has 22 heavy (non-hydrogen) atoms. The Kier molecular flexibility index (Phi) is 3.08. The van der Waals surface area contributed by atoms with E-state index in [1.165, 1.54) is 6.33 Å². The van der Waals surface area contributed by atoms with Crippen LogP contribution < -0.4 is 4.90 Å². The maximum absolute atomic E-state index is 6.19. The quantitative estimate of drug-likeness (QED) is 0.784. The summed E-state index contributed by atoms with van der Waals surface area (Å²) < 4.78 is 12.2. The minimum Gasteiger partial charge on any atom is -0.347 e. The van der Waals surface area contributed by atoms with Crippen LogP contribution in [0.25, 0.3) is 0 Å². The Balaban J connectivity index is 1.71. The molecule has 3 atom stereocenters. The van der Waals surface area contributed by atoms with Gasteiger partial charge in [0.15, 0.2) is 5.79 Å². The van der Waals surface area contributed by atoms with Crippen LogP contribution in [0.15, 0.2) is 30.6 Å². The van der Waals surface area contributed by atoms with Crippen molar-refractivity contribution in [2.24, 2.45) is 0 Å². The number of rotatable bonds is 2. The number of halogens is 1. The lowest BCUT2D eigenvalue weighted by molar-refractivity contribution is -0.145. The normalized spacial score (nSPS) is 31.9. The van der Waals surface area contributed by atoms with Gasteiger partial charge in [-0.3, -0.25) is 0 Å². The first kappa shape index (κ1) is 14.2. The highest BCUT2D eigenvalue weighted by Gasteiger charge is 2.51. The summed E-state index contributed by atoms with van der Waals surface area (Å²) in [6, 6.07) is 0.0759. The Morgan fingerprint density at radius 2 is 2.23 bits per heavy atom. The predicted molar refractivity (Wildman–Crippen MR) is 84.0 cm³/mol. The van der Waals surface area contributed by atoms with Crippen molar-refractivity contribution in [3.05, 3.63) is 41.3 Å². The lowest BCUT2D eigenvalue weighted by Gasteiger charge is -2.29. The summed E-state index contributed by atoms with van der Waals surface area (Å²) in [6.45, 7) is 8.64. The fraction of sp³-hybridized carbons (Fsp3) is 0.500. The van der Waals surface area contributed by atoms with Crippen molar-refractivity contribution < 1.29 is 9.47 Å². The lowest BCUT2D eigenvalue weighted by atomic mass is 10.1.